The molecule has 102 valence electrons. The van der Waals surface area contributed by atoms with Crippen molar-refractivity contribution in [2.75, 3.05) is 11.1 Å². The summed E-state index contributed by atoms with van der Waals surface area (Å²) in [5.41, 5.74) is 2.61. The monoisotopic (exact) mass is 295 g/mol. The van der Waals surface area contributed by atoms with Crippen LogP contribution in [0.15, 0.2) is 27.2 Å². The molecule has 0 saturated carbocycles. The third-order valence-electron chi connectivity index (χ3n) is 2.71. The van der Waals surface area contributed by atoms with Crippen LogP contribution in [0.5, 0.6) is 0 Å². The number of aliphatic imine (C=N–C) groups is 1. The molecule has 4 nitrogen and oxygen atoms in total. The van der Waals surface area contributed by atoms with Crippen molar-refractivity contribution in [2.45, 2.75) is 31.4 Å². The molecule has 0 bridgehead atoms. The van der Waals surface area contributed by atoms with E-state index in [1.165, 1.54) is 29.5 Å². The van der Waals surface area contributed by atoms with E-state index in [1.54, 1.807) is 18.0 Å². The minimum atomic E-state index is -0.0863. The minimum absolute atomic E-state index is 0.0863. The zero-order valence-corrected chi connectivity index (χ0v) is 12.9. The summed E-state index contributed by atoms with van der Waals surface area (Å²) in [6.07, 6.45) is 4.78. The maximum atomic E-state index is 10.9. The van der Waals surface area contributed by atoms with Gasteiger partial charge in [0, 0.05) is 31.0 Å². The Bertz CT molecular complexity index is 532. The fourth-order valence-electron chi connectivity index (χ4n) is 1.63. The summed E-state index contributed by atoms with van der Waals surface area (Å²) in [5, 5.41) is 3.35. The highest BCUT2D eigenvalue weighted by Gasteiger charge is 2.14. The first-order valence-corrected chi connectivity index (χ1v) is 7.95. The van der Waals surface area contributed by atoms with E-state index in [2.05, 4.69) is 29.1 Å². The van der Waals surface area contributed by atoms with E-state index in [0.29, 0.717) is 11.0 Å². The van der Waals surface area contributed by atoms with Gasteiger partial charge in [0.2, 0.25) is 5.91 Å². The van der Waals surface area contributed by atoms with E-state index in [9.17, 15) is 4.79 Å². The van der Waals surface area contributed by atoms with Crippen molar-refractivity contribution in [3.05, 3.63) is 18.0 Å². The molecule has 1 aromatic heterocycles. The van der Waals surface area contributed by atoms with Crippen molar-refractivity contribution < 1.29 is 4.79 Å². The van der Waals surface area contributed by atoms with Crippen LogP contribution in [-0.2, 0) is 4.79 Å². The number of anilines is 1. The van der Waals surface area contributed by atoms with E-state index in [0.717, 1.165) is 16.4 Å². The number of amides is 1. The van der Waals surface area contributed by atoms with Crippen LogP contribution in [-0.4, -0.2) is 22.4 Å². The van der Waals surface area contributed by atoms with Crippen LogP contribution in [0.25, 0.3) is 0 Å². The Morgan fingerprint density at radius 2 is 2.37 bits per heavy atom. The van der Waals surface area contributed by atoms with Crippen LogP contribution in [0.1, 0.15) is 27.2 Å². The molecule has 6 heteroatoms. The van der Waals surface area contributed by atoms with Crippen molar-refractivity contribution in [3.8, 4) is 0 Å². The summed E-state index contributed by atoms with van der Waals surface area (Å²) in [4.78, 5) is 19.5. The average molecular weight is 295 g/mol. The highest BCUT2D eigenvalue weighted by atomic mass is 32.2. The topological polar surface area (TPSA) is 54.4 Å². The van der Waals surface area contributed by atoms with Gasteiger partial charge in [-0.2, -0.15) is 0 Å². The molecule has 0 aliphatic carbocycles. The zero-order chi connectivity index (χ0) is 13.8. The molecule has 0 atom stereocenters. The van der Waals surface area contributed by atoms with E-state index in [-0.39, 0.29) is 5.91 Å². The first-order valence-electron chi connectivity index (χ1n) is 6.15. The fourth-order valence-corrected chi connectivity index (χ4v) is 3.49. The first-order chi connectivity index (χ1) is 9.04. The minimum Gasteiger partial charge on any atom is -0.302 e. The Balaban J connectivity index is 1.81. The Morgan fingerprint density at radius 3 is 3.00 bits per heavy atom. The number of carbonyl (C=O) groups excluding carboxylic acids is 1. The Labute approximate surface area is 121 Å². The van der Waals surface area contributed by atoms with Crippen molar-refractivity contribution in [3.63, 3.8) is 0 Å². The molecular weight excluding hydrogens is 278 g/mol. The summed E-state index contributed by atoms with van der Waals surface area (Å²) in [6.45, 7) is 5.88. The molecule has 2 rings (SSSR count). The van der Waals surface area contributed by atoms with Crippen LogP contribution < -0.4 is 5.32 Å². The van der Waals surface area contributed by atoms with Crippen molar-refractivity contribution in [2.24, 2.45) is 10.9 Å². The molecule has 0 radical (unpaired) electrons. The number of nitrogens with zero attached hydrogens (tertiary/aromatic N) is 2. The maximum absolute atomic E-state index is 10.9. The highest BCUT2D eigenvalue weighted by Crippen LogP contribution is 2.30. The molecule has 1 N–H and O–H groups in total. The number of nitrogens with one attached hydrogen (secondary N) is 1. The van der Waals surface area contributed by atoms with Crippen molar-refractivity contribution in [1.29, 1.82) is 0 Å². The summed E-state index contributed by atoms with van der Waals surface area (Å²) in [6, 6.07) is 0. The summed E-state index contributed by atoms with van der Waals surface area (Å²) in [5.74, 6) is 1.37. The summed E-state index contributed by atoms with van der Waals surface area (Å²) >= 11 is 3.22. The predicted molar refractivity (Wildman–Crippen MR) is 82.1 cm³/mol. The van der Waals surface area contributed by atoms with Gasteiger partial charge in [0.15, 0.2) is 5.13 Å². The van der Waals surface area contributed by atoms with Crippen LogP contribution in [0, 0.1) is 5.92 Å². The number of thiazole rings is 1. The van der Waals surface area contributed by atoms with Gasteiger partial charge in [-0.15, -0.1) is 11.8 Å². The molecule has 2 heterocycles. The van der Waals surface area contributed by atoms with Gasteiger partial charge in [-0.3, -0.25) is 9.79 Å². The van der Waals surface area contributed by atoms with Crippen molar-refractivity contribution >= 4 is 39.8 Å². The normalized spacial score (nSPS) is 14.5. The van der Waals surface area contributed by atoms with Gasteiger partial charge in [0.25, 0.3) is 0 Å². The standard InChI is InChI=1S/C13H17N3OS2/c1-8(2)10-4-11(14-5-10)7-18-12-6-15-13(19-12)16-9(3)17/h5-6,8H,4,7H2,1-3H3,(H,15,16,17). The predicted octanol–water partition coefficient (Wildman–Crippen LogP) is 3.58. The Hall–Kier alpha value is -1.14. The van der Waals surface area contributed by atoms with Gasteiger partial charge in [-0.25, -0.2) is 4.98 Å². The van der Waals surface area contributed by atoms with E-state index in [1.807, 2.05) is 6.20 Å². The number of hydrogen-bond donors (Lipinski definition) is 1. The van der Waals surface area contributed by atoms with E-state index < -0.39 is 0 Å². The van der Waals surface area contributed by atoms with Crippen LogP contribution in [0.2, 0.25) is 0 Å². The van der Waals surface area contributed by atoms with Crippen LogP contribution >= 0.6 is 23.1 Å². The summed E-state index contributed by atoms with van der Waals surface area (Å²) < 4.78 is 1.10. The average Bonchev–Trinajstić information content (AvgIpc) is 2.94. The second-order valence-corrected chi connectivity index (χ2v) is 6.99. The van der Waals surface area contributed by atoms with Crippen LogP contribution in [0.3, 0.4) is 0 Å². The number of thioether (sulfide) groups is 1. The number of rotatable bonds is 5. The maximum Gasteiger partial charge on any atom is 0.223 e. The van der Waals surface area contributed by atoms with Gasteiger partial charge in [-0.05, 0) is 11.5 Å². The fraction of sp³-hybridized carbons (Fsp3) is 0.462. The second kappa shape index (κ2) is 6.34. The van der Waals surface area contributed by atoms with Gasteiger partial charge >= 0.3 is 0 Å². The molecule has 1 aliphatic heterocycles. The third kappa shape index (κ3) is 4.18. The third-order valence-corrected chi connectivity index (χ3v) is 4.89. The Kier molecular flexibility index (Phi) is 4.76. The SMILES string of the molecule is CC(=O)Nc1ncc(SCC2=NC=C(C(C)C)C2)s1. The van der Waals surface area contributed by atoms with Gasteiger partial charge in [0.05, 0.1) is 10.4 Å². The lowest BCUT2D eigenvalue weighted by atomic mass is 10.0. The van der Waals surface area contributed by atoms with E-state index in [4.69, 9.17) is 0 Å². The molecule has 1 aliphatic rings. The smallest absolute Gasteiger partial charge is 0.223 e. The van der Waals surface area contributed by atoms with Gasteiger partial charge in [-0.1, -0.05) is 25.2 Å². The molecule has 19 heavy (non-hydrogen) atoms. The second-order valence-electron chi connectivity index (χ2n) is 4.69. The molecule has 0 saturated heterocycles. The number of carbonyl (C=O) groups is 1. The van der Waals surface area contributed by atoms with Crippen LogP contribution in [0.4, 0.5) is 5.13 Å². The number of hydrogen-bond acceptors (Lipinski definition) is 5. The molecule has 0 spiro atoms. The molecule has 0 aromatic carbocycles. The van der Waals surface area contributed by atoms with Crippen molar-refractivity contribution in [1.82, 2.24) is 4.98 Å². The Morgan fingerprint density at radius 1 is 1.58 bits per heavy atom. The summed E-state index contributed by atoms with van der Waals surface area (Å²) in [7, 11) is 0. The molecule has 1 aromatic rings. The lowest BCUT2D eigenvalue weighted by Gasteiger charge is -2.05. The number of allylic oxidation sites excluding steroid dienone is 1. The number of aromatic nitrogens is 1. The first kappa shape index (κ1) is 14.3. The van der Waals surface area contributed by atoms with Gasteiger partial charge < -0.3 is 5.32 Å². The quantitative estimate of drug-likeness (QED) is 0.845. The molecule has 1 amide bonds. The lowest BCUT2D eigenvalue weighted by Crippen LogP contribution is -2.04. The lowest BCUT2D eigenvalue weighted by molar-refractivity contribution is -0.114. The molecular formula is C13H17N3OS2. The van der Waals surface area contributed by atoms with E-state index >= 15 is 0 Å². The van der Waals surface area contributed by atoms with Gasteiger partial charge in [0.1, 0.15) is 0 Å². The highest BCUT2D eigenvalue weighted by molar-refractivity contribution is 8.01. The zero-order valence-electron chi connectivity index (χ0n) is 11.3. The molecule has 0 unspecified atom stereocenters. The largest absolute Gasteiger partial charge is 0.302 e. The molecule has 0 fully saturated rings.